The molecule has 0 saturated carbocycles. The van der Waals surface area contributed by atoms with Gasteiger partial charge in [-0.05, 0) is 37.1 Å². The van der Waals surface area contributed by atoms with E-state index in [-0.39, 0.29) is 18.3 Å². The van der Waals surface area contributed by atoms with E-state index < -0.39 is 0 Å². The van der Waals surface area contributed by atoms with Crippen molar-refractivity contribution in [1.82, 2.24) is 19.3 Å². The second-order valence-corrected chi connectivity index (χ2v) is 8.21. The van der Waals surface area contributed by atoms with Gasteiger partial charge in [0.15, 0.2) is 0 Å². The maximum atomic E-state index is 13.1. The summed E-state index contributed by atoms with van der Waals surface area (Å²) in [4.78, 5) is 17.9. The normalized spacial score (nSPS) is 14.8. The van der Waals surface area contributed by atoms with Gasteiger partial charge in [0.1, 0.15) is 5.75 Å². The topological polar surface area (TPSA) is 85.7 Å². The number of nitriles is 1. The fourth-order valence-electron chi connectivity index (χ4n) is 4.61. The molecular formula is C23H22BN5O2. The second-order valence-electron chi connectivity index (χ2n) is 8.21. The van der Waals surface area contributed by atoms with Crippen molar-refractivity contribution in [3.63, 3.8) is 0 Å². The van der Waals surface area contributed by atoms with Crippen molar-refractivity contribution in [2.75, 3.05) is 7.11 Å². The van der Waals surface area contributed by atoms with E-state index in [0.29, 0.717) is 16.7 Å². The Balaban J connectivity index is 1.55. The Morgan fingerprint density at radius 3 is 2.74 bits per heavy atom. The van der Waals surface area contributed by atoms with Crippen molar-refractivity contribution in [3.05, 3.63) is 53.1 Å². The fourth-order valence-corrected chi connectivity index (χ4v) is 4.61. The van der Waals surface area contributed by atoms with Crippen LogP contribution in [0, 0.1) is 11.2 Å². The van der Waals surface area contributed by atoms with Crippen LogP contribution in [0.3, 0.4) is 0 Å². The molecule has 0 aliphatic carbocycles. The van der Waals surface area contributed by atoms with E-state index >= 15 is 0 Å². The highest BCUT2D eigenvalue weighted by atomic mass is 16.5. The van der Waals surface area contributed by atoms with Gasteiger partial charge < -0.3 is 9.30 Å². The number of aryl methyl sites for hydroxylation is 1. The van der Waals surface area contributed by atoms with Gasteiger partial charge in [-0.3, -0.25) is 9.48 Å². The van der Waals surface area contributed by atoms with Crippen LogP contribution in [0.25, 0.3) is 33.1 Å². The zero-order chi connectivity index (χ0) is 21.5. The Morgan fingerprint density at radius 1 is 1.19 bits per heavy atom. The van der Waals surface area contributed by atoms with Gasteiger partial charge >= 0.3 is 0 Å². The van der Waals surface area contributed by atoms with Gasteiger partial charge in [0, 0.05) is 48.5 Å². The van der Waals surface area contributed by atoms with Crippen LogP contribution in [-0.2, 0) is 7.05 Å². The van der Waals surface area contributed by atoms with Crippen molar-refractivity contribution in [1.29, 1.82) is 5.26 Å². The molecule has 0 spiro atoms. The third-order valence-corrected chi connectivity index (χ3v) is 6.27. The van der Waals surface area contributed by atoms with E-state index in [2.05, 4.69) is 11.1 Å². The predicted octanol–water partition coefficient (Wildman–Crippen LogP) is 3.85. The third-order valence-electron chi connectivity index (χ3n) is 6.27. The molecule has 1 fully saturated rings. The number of aromatic nitrogens is 4. The van der Waals surface area contributed by atoms with Crippen LogP contribution >= 0.6 is 0 Å². The number of pyridine rings is 2. The Hall–Kier alpha value is -3.60. The largest absolute Gasteiger partial charge is 0.496 e. The summed E-state index contributed by atoms with van der Waals surface area (Å²) in [6, 6.07) is 9.71. The highest BCUT2D eigenvalue weighted by molar-refractivity contribution is 6.67. The second kappa shape index (κ2) is 7.58. The first kappa shape index (κ1) is 19.4. The van der Waals surface area contributed by atoms with Gasteiger partial charge in [-0.1, -0.05) is 12.6 Å². The molecule has 0 atom stereocenters. The highest BCUT2D eigenvalue weighted by Crippen LogP contribution is 2.34. The lowest BCUT2D eigenvalue weighted by Gasteiger charge is -2.25. The molecule has 5 rings (SSSR count). The van der Waals surface area contributed by atoms with E-state index in [4.69, 9.17) is 15.0 Å². The Bertz CT molecular complexity index is 1390. The first-order valence-corrected chi connectivity index (χ1v) is 10.5. The molecule has 0 amide bonds. The molecule has 0 N–H and O–H groups in total. The lowest BCUT2D eigenvalue weighted by atomic mass is 9.42. The summed E-state index contributed by atoms with van der Waals surface area (Å²) in [7, 11) is 3.52. The first-order valence-electron chi connectivity index (χ1n) is 10.5. The minimum atomic E-state index is -0.0216. The summed E-state index contributed by atoms with van der Waals surface area (Å²) < 4.78 is 9.18. The number of nitrogens with zero attached hydrogens (tertiary/aromatic N) is 5. The summed E-state index contributed by atoms with van der Waals surface area (Å²) in [6.07, 6.45) is 7.22. The molecule has 0 unspecified atom stereocenters. The van der Waals surface area contributed by atoms with Crippen LogP contribution < -0.4 is 10.3 Å². The SMILES string of the molecule is COc1cc2nn(C)cc2cc1-c1ccc2c(=O)n(C3CCB(C#N)CC3)ccc2n1. The van der Waals surface area contributed by atoms with Gasteiger partial charge in [-0.2, -0.15) is 5.10 Å². The van der Waals surface area contributed by atoms with Crippen LogP contribution in [0.1, 0.15) is 18.9 Å². The lowest BCUT2D eigenvalue weighted by Crippen LogP contribution is -2.29. The molecule has 8 heteroatoms. The first-order chi connectivity index (χ1) is 15.1. The lowest BCUT2D eigenvalue weighted by molar-refractivity contribution is 0.417. The van der Waals surface area contributed by atoms with Crippen LogP contribution in [0.15, 0.2) is 47.5 Å². The van der Waals surface area contributed by atoms with Crippen LogP contribution in [-0.4, -0.2) is 33.2 Å². The van der Waals surface area contributed by atoms with Gasteiger partial charge in [0.05, 0.1) is 29.2 Å². The van der Waals surface area contributed by atoms with Crippen LogP contribution in [0.2, 0.25) is 12.6 Å². The molecule has 0 bridgehead atoms. The zero-order valence-electron chi connectivity index (χ0n) is 17.6. The summed E-state index contributed by atoms with van der Waals surface area (Å²) in [5, 5.41) is 15.2. The van der Waals surface area contributed by atoms with Gasteiger partial charge in [0.2, 0.25) is 0 Å². The summed E-state index contributed by atoms with van der Waals surface area (Å²) >= 11 is 0. The molecule has 1 aromatic carbocycles. The number of methoxy groups -OCH3 is 1. The summed E-state index contributed by atoms with van der Waals surface area (Å²) in [6.45, 7) is 0.115. The van der Waals surface area contributed by atoms with Crippen molar-refractivity contribution in [2.45, 2.75) is 31.5 Å². The smallest absolute Gasteiger partial charge is 0.268 e. The molecule has 4 heterocycles. The number of rotatable bonds is 3. The molecule has 1 aliphatic heterocycles. The maximum Gasteiger partial charge on any atom is 0.268 e. The number of fused-ring (bicyclic) bond motifs is 2. The minimum Gasteiger partial charge on any atom is -0.496 e. The quantitative estimate of drug-likeness (QED) is 0.478. The van der Waals surface area contributed by atoms with E-state index in [1.54, 1.807) is 11.8 Å². The predicted molar refractivity (Wildman–Crippen MR) is 122 cm³/mol. The molecule has 7 nitrogen and oxygen atoms in total. The zero-order valence-corrected chi connectivity index (χ0v) is 17.6. The fraction of sp³-hybridized carbons (Fsp3) is 0.304. The van der Waals surface area contributed by atoms with E-state index in [0.717, 1.165) is 47.6 Å². The summed E-state index contributed by atoms with van der Waals surface area (Å²) in [5.74, 6) is 3.05. The van der Waals surface area contributed by atoms with E-state index in [1.165, 1.54) is 0 Å². The molecule has 1 aliphatic rings. The molecule has 0 radical (unpaired) electrons. The number of hydrogen-bond acceptors (Lipinski definition) is 5. The maximum absolute atomic E-state index is 13.1. The van der Waals surface area contributed by atoms with Crippen molar-refractivity contribution in [2.24, 2.45) is 7.05 Å². The van der Waals surface area contributed by atoms with Gasteiger partial charge in [0.25, 0.3) is 12.3 Å². The van der Waals surface area contributed by atoms with Crippen molar-refractivity contribution >= 4 is 28.5 Å². The average molecular weight is 411 g/mol. The van der Waals surface area contributed by atoms with Crippen molar-refractivity contribution in [3.8, 4) is 23.0 Å². The third kappa shape index (κ3) is 3.36. The van der Waals surface area contributed by atoms with Gasteiger partial charge in [-0.15, -0.1) is 0 Å². The number of hydrogen-bond donors (Lipinski definition) is 0. The van der Waals surface area contributed by atoms with Crippen molar-refractivity contribution < 1.29 is 4.74 Å². The van der Waals surface area contributed by atoms with Crippen LogP contribution in [0.5, 0.6) is 5.75 Å². The monoisotopic (exact) mass is 411 g/mol. The standard InChI is InChI=1S/C23H22BN5O2/c1-28-13-15-11-18(22(31-2)12-21(15)27-28)19-4-3-17-20(26-19)7-10-29(23(17)30)16-5-8-24(14-25)9-6-16/h3-4,7,10-13,16H,5-6,8-9H2,1-2H3. The van der Waals surface area contributed by atoms with Gasteiger partial charge in [-0.25, -0.2) is 10.2 Å². The molecule has 3 aromatic heterocycles. The number of ether oxygens (including phenoxy) is 1. The van der Waals surface area contributed by atoms with Crippen LogP contribution in [0.4, 0.5) is 0 Å². The molecular weight excluding hydrogens is 389 g/mol. The van der Waals surface area contributed by atoms with E-state index in [1.807, 2.05) is 54.3 Å². The average Bonchev–Trinajstić information content (AvgIpc) is 3.17. The Labute approximate surface area is 180 Å². The number of benzene rings is 1. The molecule has 1 saturated heterocycles. The Kier molecular flexibility index (Phi) is 4.74. The molecule has 4 aromatic rings. The highest BCUT2D eigenvalue weighted by Gasteiger charge is 2.26. The minimum absolute atomic E-state index is 0.0216. The molecule has 154 valence electrons. The molecule has 31 heavy (non-hydrogen) atoms. The van der Waals surface area contributed by atoms with E-state index in [9.17, 15) is 4.79 Å². The Morgan fingerprint density at radius 2 is 2.00 bits per heavy atom. The summed E-state index contributed by atoms with van der Waals surface area (Å²) in [5.41, 5.74) is 3.12.